The summed E-state index contributed by atoms with van der Waals surface area (Å²) < 4.78 is 24.6. The van der Waals surface area contributed by atoms with Crippen molar-refractivity contribution >= 4 is 30.3 Å². The fourth-order valence-electron chi connectivity index (χ4n) is 2.24. The Balaban J connectivity index is 2.54. The predicted molar refractivity (Wildman–Crippen MR) is 90.8 cm³/mol. The summed E-state index contributed by atoms with van der Waals surface area (Å²) >= 11 is 3.27. The summed E-state index contributed by atoms with van der Waals surface area (Å²) in [6, 6.07) is 6.14. The van der Waals surface area contributed by atoms with Gasteiger partial charge in [-0.3, -0.25) is 4.57 Å². The lowest BCUT2D eigenvalue weighted by molar-refractivity contribution is 0.215. The molecule has 2 aromatic rings. The summed E-state index contributed by atoms with van der Waals surface area (Å²) in [5, 5.41) is 2.03. The summed E-state index contributed by atoms with van der Waals surface area (Å²) in [5.41, 5.74) is 0.812. The third kappa shape index (κ3) is 3.66. The third-order valence-electron chi connectivity index (χ3n) is 3.12. The molecule has 0 amide bonds. The van der Waals surface area contributed by atoms with Gasteiger partial charge in [0, 0.05) is 14.6 Å². The highest BCUT2D eigenvalue weighted by atomic mass is 32.1. The molecule has 21 heavy (non-hydrogen) atoms. The normalized spacial score (nSPS) is 13.5. The number of thiophene rings is 2. The van der Waals surface area contributed by atoms with Gasteiger partial charge in [-0.15, -0.1) is 22.7 Å². The van der Waals surface area contributed by atoms with E-state index in [1.54, 1.807) is 22.7 Å². The van der Waals surface area contributed by atoms with E-state index in [2.05, 4.69) is 19.1 Å². The number of hydrogen-bond acceptors (Lipinski definition) is 5. The van der Waals surface area contributed by atoms with Gasteiger partial charge >= 0.3 is 7.60 Å². The number of rotatable bonds is 7. The monoisotopic (exact) mass is 344 g/mol. The van der Waals surface area contributed by atoms with Gasteiger partial charge in [-0.05, 0) is 56.8 Å². The van der Waals surface area contributed by atoms with Crippen LogP contribution in [0.3, 0.4) is 0 Å². The van der Waals surface area contributed by atoms with E-state index in [1.165, 1.54) is 4.88 Å². The molecule has 3 nitrogen and oxygen atoms in total. The minimum atomic E-state index is -3.23. The summed E-state index contributed by atoms with van der Waals surface area (Å²) in [7, 11) is -3.23. The van der Waals surface area contributed by atoms with Crippen LogP contribution in [0, 0.1) is 13.8 Å². The molecule has 1 unspecified atom stereocenters. The lowest BCUT2D eigenvalue weighted by atomic mass is 10.2. The van der Waals surface area contributed by atoms with E-state index >= 15 is 0 Å². The molecule has 0 aliphatic carbocycles. The van der Waals surface area contributed by atoms with Crippen LogP contribution in [0.5, 0.6) is 0 Å². The molecule has 2 rings (SSSR count). The van der Waals surface area contributed by atoms with Gasteiger partial charge < -0.3 is 9.05 Å². The minimum Gasteiger partial charge on any atom is -0.308 e. The molecular formula is C15H21O3PS2. The SMILES string of the molecule is CCOP(=O)(OCC)C(c1ccc(C)s1)c1sccc1C. The first-order chi connectivity index (χ1) is 10.0. The van der Waals surface area contributed by atoms with Crippen LogP contribution in [0.25, 0.3) is 0 Å². The lowest BCUT2D eigenvalue weighted by Crippen LogP contribution is -2.07. The van der Waals surface area contributed by atoms with Crippen LogP contribution in [-0.4, -0.2) is 13.2 Å². The predicted octanol–water partition coefficient (Wildman–Crippen LogP) is 5.78. The largest absolute Gasteiger partial charge is 0.344 e. The van der Waals surface area contributed by atoms with Gasteiger partial charge in [0.15, 0.2) is 0 Å². The van der Waals surface area contributed by atoms with Crippen LogP contribution in [0.2, 0.25) is 0 Å². The van der Waals surface area contributed by atoms with Crippen molar-refractivity contribution in [3.05, 3.63) is 43.8 Å². The van der Waals surface area contributed by atoms with Crippen molar-refractivity contribution in [3.8, 4) is 0 Å². The first-order valence-electron chi connectivity index (χ1n) is 7.01. The first kappa shape index (κ1) is 16.9. The van der Waals surface area contributed by atoms with Gasteiger partial charge in [-0.2, -0.15) is 0 Å². The maximum absolute atomic E-state index is 13.3. The van der Waals surface area contributed by atoms with Gasteiger partial charge in [0.1, 0.15) is 5.66 Å². The van der Waals surface area contributed by atoms with Crippen LogP contribution in [0.15, 0.2) is 23.6 Å². The molecule has 0 fully saturated rings. The van der Waals surface area contributed by atoms with E-state index in [0.29, 0.717) is 13.2 Å². The summed E-state index contributed by atoms with van der Waals surface area (Å²) in [6.45, 7) is 8.55. The molecule has 0 radical (unpaired) electrons. The zero-order chi connectivity index (χ0) is 15.5. The summed E-state index contributed by atoms with van der Waals surface area (Å²) in [4.78, 5) is 3.31. The molecule has 2 heterocycles. The maximum atomic E-state index is 13.3. The van der Waals surface area contributed by atoms with Crippen molar-refractivity contribution in [2.45, 2.75) is 33.4 Å². The molecule has 0 bridgehead atoms. The molecule has 0 saturated heterocycles. The average Bonchev–Trinajstić information content (AvgIpc) is 3.01. The minimum absolute atomic E-state index is 0.323. The van der Waals surface area contributed by atoms with Crippen molar-refractivity contribution in [2.75, 3.05) is 13.2 Å². The van der Waals surface area contributed by atoms with E-state index < -0.39 is 7.60 Å². The van der Waals surface area contributed by atoms with E-state index in [-0.39, 0.29) is 5.66 Å². The van der Waals surface area contributed by atoms with Crippen LogP contribution in [-0.2, 0) is 13.6 Å². The van der Waals surface area contributed by atoms with Crippen LogP contribution >= 0.6 is 30.3 Å². The Labute approximate surface area is 134 Å². The molecule has 0 saturated carbocycles. The molecule has 0 spiro atoms. The lowest BCUT2D eigenvalue weighted by Gasteiger charge is -2.25. The number of hydrogen-bond donors (Lipinski definition) is 0. The Morgan fingerprint density at radius 3 is 2.24 bits per heavy atom. The highest BCUT2D eigenvalue weighted by molar-refractivity contribution is 7.55. The third-order valence-corrected chi connectivity index (χ3v) is 8.02. The molecule has 116 valence electrons. The first-order valence-corrected chi connectivity index (χ1v) is 10.3. The fourth-order valence-corrected chi connectivity index (χ4v) is 7.21. The van der Waals surface area contributed by atoms with Gasteiger partial charge in [0.2, 0.25) is 0 Å². The van der Waals surface area contributed by atoms with E-state index in [1.807, 2.05) is 32.2 Å². The zero-order valence-electron chi connectivity index (χ0n) is 12.8. The fraction of sp³-hybridized carbons (Fsp3) is 0.467. The van der Waals surface area contributed by atoms with Crippen molar-refractivity contribution in [1.29, 1.82) is 0 Å². The van der Waals surface area contributed by atoms with Gasteiger partial charge in [0.25, 0.3) is 0 Å². The summed E-state index contributed by atoms with van der Waals surface area (Å²) in [6.07, 6.45) is 0. The van der Waals surface area contributed by atoms with Crippen molar-refractivity contribution in [1.82, 2.24) is 0 Å². The maximum Gasteiger partial charge on any atom is 0.344 e. The Kier molecular flexibility index (Phi) is 5.81. The van der Waals surface area contributed by atoms with Gasteiger partial charge in [0.05, 0.1) is 13.2 Å². The van der Waals surface area contributed by atoms with Gasteiger partial charge in [-0.1, -0.05) is 0 Å². The molecule has 0 aliphatic rings. The summed E-state index contributed by atoms with van der Waals surface area (Å²) in [5.74, 6) is 0. The van der Waals surface area contributed by atoms with Crippen molar-refractivity contribution < 1.29 is 13.6 Å². The van der Waals surface area contributed by atoms with E-state index in [9.17, 15) is 4.57 Å². The molecule has 0 N–H and O–H groups in total. The highest BCUT2D eigenvalue weighted by Crippen LogP contribution is 2.65. The van der Waals surface area contributed by atoms with E-state index in [4.69, 9.17) is 9.05 Å². The van der Waals surface area contributed by atoms with Crippen LogP contribution in [0.4, 0.5) is 0 Å². The van der Waals surface area contributed by atoms with Crippen LogP contribution in [0.1, 0.15) is 39.7 Å². The Hall–Kier alpha value is -0.450. The molecule has 2 aromatic heterocycles. The van der Waals surface area contributed by atoms with Crippen LogP contribution < -0.4 is 0 Å². The smallest absolute Gasteiger partial charge is 0.308 e. The van der Waals surface area contributed by atoms with Gasteiger partial charge in [-0.25, -0.2) is 0 Å². The molecule has 0 aliphatic heterocycles. The second kappa shape index (κ2) is 7.21. The second-order valence-electron chi connectivity index (χ2n) is 4.69. The van der Waals surface area contributed by atoms with E-state index in [0.717, 1.165) is 15.3 Å². The number of aryl methyl sites for hydroxylation is 2. The second-order valence-corrected chi connectivity index (χ2v) is 9.07. The zero-order valence-corrected chi connectivity index (χ0v) is 15.3. The van der Waals surface area contributed by atoms with Crippen molar-refractivity contribution in [3.63, 3.8) is 0 Å². The Morgan fingerprint density at radius 1 is 1.14 bits per heavy atom. The average molecular weight is 344 g/mol. The molecule has 6 heteroatoms. The quantitative estimate of drug-likeness (QED) is 0.597. The molecule has 0 aromatic carbocycles. The molecular weight excluding hydrogens is 323 g/mol. The molecule has 1 atom stereocenters. The Morgan fingerprint density at radius 2 is 1.81 bits per heavy atom. The van der Waals surface area contributed by atoms with Crippen molar-refractivity contribution in [2.24, 2.45) is 0 Å². The highest BCUT2D eigenvalue weighted by Gasteiger charge is 2.40. The topological polar surface area (TPSA) is 35.5 Å². The standard InChI is InChI=1S/C15H21O3PS2/c1-5-17-19(16,18-6-2)14(13-8-7-12(4)21-13)15-11(3)9-10-20-15/h7-10,14H,5-6H2,1-4H3. The Bertz CT molecular complexity index is 622.